The van der Waals surface area contributed by atoms with Gasteiger partial charge in [-0.1, -0.05) is 35.0 Å². The summed E-state index contributed by atoms with van der Waals surface area (Å²) in [7, 11) is 0. The number of thiophene rings is 1. The third-order valence-electron chi connectivity index (χ3n) is 3.52. The van der Waals surface area contributed by atoms with Crippen molar-refractivity contribution in [3.05, 3.63) is 55.7 Å². The summed E-state index contributed by atoms with van der Waals surface area (Å²) in [5.41, 5.74) is 5.44. The summed E-state index contributed by atoms with van der Waals surface area (Å²) in [4.78, 5) is 0. The van der Waals surface area contributed by atoms with Crippen LogP contribution in [0.25, 0.3) is 0 Å². The number of benzene rings is 1. The average molecular weight is 352 g/mol. The van der Waals surface area contributed by atoms with Crippen molar-refractivity contribution < 1.29 is 0 Å². The predicted octanol–water partition coefficient (Wildman–Crippen LogP) is 5.41. The van der Waals surface area contributed by atoms with Gasteiger partial charge in [0.1, 0.15) is 0 Å². The maximum Gasteiger partial charge on any atom is 0.0361 e. The van der Waals surface area contributed by atoms with Crippen molar-refractivity contribution in [2.45, 2.75) is 39.7 Å². The molecule has 0 aliphatic heterocycles. The Morgan fingerprint density at radius 2 is 1.95 bits per heavy atom. The van der Waals surface area contributed by atoms with Gasteiger partial charge in [0.15, 0.2) is 0 Å². The van der Waals surface area contributed by atoms with E-state index >= 15 is 0 Å². The molecule has 0 fully saturated rings. The number of rotatable bonds is 6. The maximum atomic E-state index is 3.69. The van der Waals surface area contributed by atoms with Crippen LogP contribution in [0.1, 0.15) is 41.6 Å². The van der Waals surface area contributed by atoms with E-state index in [0.717, 1.165) is 19.4 Å². The lowest BCUT2D eigenvalue weighted by Gasteiger charge is -2.20. The Bertz CT molecular complexity index is 525. The summed E-state index contributed by atoms with van der Waals surface area (Å²) in [6.07, 6.45) is 2.22. The zero-order valence-corrected chi connectivity index (χ0v) is 14.8. The molecule has 108 valence electrons. The SMILES string of the molecule is CCCNC(Cc1ccsc1)c1cc(C)c(Br)c(C)c1. The first-order chi connectivity index (χ1) is 9.61. The summed E-state index contributed by atoms with van der Waals surface area (Å²) in [6.45, 7) is 7.61. The van der Waals surface area contributed by atoms with E-state index in [-0.39, 0.29) is 0 Å². The monoisotopic (exact) mass is 351 g/mol. The first kappa shape index (κ1) is 15.7. The van der Waals surface area contributed by atoms with E-state index in [9.17, 15) is 0 Å². The Morgan fingerprint density at radius 3 is 2.50 bits per heavy atom. The molecular formula is C17H22BrNS. The van der Waals surface area contributed by atoms with E-state index < -0.39 is 0 Å². The van der Waals surface area contributed by atoms with E-state index in [1.807, 2.05) is 0 Å². The van der Waals surface area contributed by atoms with Crippen LogP contribution in [-0.4, -0.2) is 6.54 Å². The first-order valence-electron chi connectivity index (χ1n) is 7.13. The van der Waals surface area contributed by atoms with Gasteiger partial charge in [-0.15, -0.1) is 0 Å². The Kier molecular flexibility index (Phi) is 5.82. The Hall–Kier alpha value is -0.640. The normalized spacial score (nSPS) is 12.6. The van der Waals surface area contributed by atoms with Gasteiger partial charge < -0.3 is 5.32 Å². The third kappa shape index (κ3) is 3.94. The molecule has 3 heteroatoms. The van der Waals surface area contributed by atoms with Crippen molar-refractivity contribution >= 4 is 27.3 Å². The van der Waals surface area contributed by atoms with Crippen LogP contribution in [-0.2, 0) is 6.42 Å². The van der Waals surface area contributed by atoms with Gasteiger partial charge in [-0.05, 0) is 72.3 Å². The molecule has 0 aliphatic rings. The van der Waals surface area contributed by atoms with Crippen LogP contribution in [0.4, 0.5) is 0 Å². The van der Waals surface area contributed by atoms with Crippen molar-refractivity contribution in [1.82, 2.24) is 5.32 Å². The van der Waals surface area contributed by atoms with Crippen molar-refractivity contribution in [2.75, 3.05) is 6.54 Å². The second kappa shape index (κ2) is 7.39. The highest BCUT2D eigenvalue weighted by Gasteiger charge is 2.14. The summed E-state index contributed by atoms with van der Waals surface area (Å²) < 4.78 is 1.23. The van der Waals surface area contributed by atoms with Crippen LogP contribution in [0.3, 0.4) is 0 Å². The van der Waals surface area contributed by atoms with Crippen LogP contribution in [0.5, 0.6) is 0 Å². The summed E-state index contributed by atoms with van der Waals surface area (Å²) >= 11 is 5.43. The lowest BCUT2D eigenvalue weighted by Crippen LogP contribution is -2.24. The van der Waals surface area contributed by atoms with E-state index in [2.05, 4.69) is 71.0 Å². The largest absolute Gasteiger partial charge is 0.310 e. The molecular weight excluding hydrogens is 330 g/mol. The molecule has 0 spiro atoms. The summed E-state index contributed by atoms with van der Waals surface area (Å²) in [5.74, 6) is 0. The molecule has 0 saturated carbocycles. The van der Waals surface area contributed by atoms with E-state index in [0.29, 0.717) is 6.04 Å². The van der Waals surface area contributed by atoms with Crippen LogP contribution in [0.15, 0.2) is 33.4 Å². The Balaban J connectivity index is 2.25. The molecule has 0 saturated heterocycles. The highest BCUT2D eigenvalue weighted by Crippen LogP contribution is 2.27. The minimum Gasteiger partial charge on any atom is -0.310 e. The fraction of sp³-hybridized carbons (Fsp3) is 0.412. The highest BCUT2D eigenvalue weighted by molar-refractivity contribution is 9.10. The topological polar surface area (TPSA) is 12.0 Å². The Morgan fingerprint density at radius 1 is 1.25 bits per heavy atom. The van der Waals surface area contributed by atoms with Gasteiger partial charge in [0.25, 0.3) is 0 Å². The van der Waals surface area contributed by atoms with Crippen molar-refractivity contribution in [1.29, 1.82) is 0 Å². The van der Waals surface area contributed by atoms with Gasteiger partial charge in [0.2, 0.25) is 0 Å². The predicted molar refractivity (Wildman–Crippen MR) is 92.7 cm³/mol. The van der Waals surface area contributed by atoms with E-state index in [4.69, 9.17) is 0 Å². The summed E-state index contributed by atoms with van der Waals surface area (Å²) in [5, 5.41) is 8.09. The lowest BCUT2D eigenvalue weighted by molar-refractivity contribution is 0.529. The molecule has 1 unspecified atom stereocenters. The quantitative estimate of drug-likeness (QED) is 0.733. The average Bonchev–Trinajstić information content (AvgIpc) is 2.93. The molecule has 1 aromatic carbocycles. The number of hydrogen-bond acceptors (Lipinski definition) is 2. The second-order valence-corrected chi connectivity index (χ2v) is 6.88. The molecule has 2 rings (SSSR count). The summed E-state index contributed by atoms with van der Waals surface area (Å²) in [6, 6.07) is 7.23. The maximum absolute atomic E-state index is 3.69. The standard InChI is InChI=1S/C17H22BrNS/c1-4-6-19-16(10-14-5-7-20-11-14)15-8-12(2)17(18)13(3)9-15/h5,7-9,11,16,19H,4,6,10H2,1-3H3. The minimum absolute atomic E-state index is 0.398. The number of hydrogen-bond donors (Lipinski definition) is 1. The van der Waals surface area contributed by atoms with E-state index in [1.54, 1.807) is 11.3 Å². The molecule has 1 aromatic heterocycles. The fourth-order valence-corrected chi connectivity index (χ4v) is 3.36. The Labute approximate surface area is 134 Å². The zero-order chi connectivity index (χ0) is 14.5. The van der Waals surface area contributed by atoms with Crippen molar-refractivity contribution in [3.8, 4) is 0 Å². The minimum atomic E-state index is 0.398. The van der Waals surface area contributed by atoms with Crippen LogP contribution in [0.2, 0.25) is 0 Å². The van der Waals surface area contributed by atoms with Gasteiger partial charge in [-0.3, -0.25) is 0 Å². The van der Waals surface area contributed by atoms with Gasteiger partial charge in [-0.2, -0.15) is 11.3 Å². The molecule has 0 bridgehead atoms. The van der Waals surface area contributed by atoms with Gasteiger partial charge >= 0.3 is 0 Å². The molecule has 1 nitrogen and oxygen atoms in total. The molecule has 0 aliphatic carbocycles. The molecule has 2 aromatic rings. The molecule has 1 heterocycles. The molecule has 1 atom stereocenters. The number of aryl methyl sites for hydroxylation is 2. The number of halogens is 1. The van der Waals surface area contributed by atoms with Crippen molar-refractivity contribution in [3.63, 3.8) is 0 Å². The molecule has 1 N–H and O–H groups in total. The van der Waals surface area contributed by atoms with Gasteiger partial charge in [0.05, 0.1) is 0 Å². The smallest absolute Gasteiger partial charge is 0.0361 e. The second-order valence-electron chi connectivity index (χ2n) is 5.31. The molecule has 0 amide bonds. The fourth-order valence-electron chi connectivity index (χ4n) is 2.45. The van der Waals surface area contributed by atoms with E-state index in [1.165, 1.54) is 26.7 Å². The molecule has 0 radical (unpaired) electrons. The van der Waals surface area contributed by atoms with Gasteiger partial charge in [-0.25, -0.2) is 0 Å². The molecule has 20 heavy (non-hydrogen) atoms. The van der Waals surface area contributed by atoms with Crippen LogP contribution < -0.4 is 5.32 Å². The van der Waals surface area contributed by atoms with Crippen LogP contribution in [0, 0.1) is 13.8 Å². The lowest BCUT2D eigenvalue weighted by atomic mass is 9.97. The van der Waals surface area contributed by atoms with Crippen molar-refractivity contribution in [2.24, 2.45) is 0 Å². The highest BCUT2D eigenvalue weighted by atomic mass is 79.9. The number of nitrogens with one attached hydrogen (secondary N) is 1. The van der Waals surface area contributed by atoms with Gasteiger partial charge in [0, 0.05) is 10.5 Å². The zero-order valence-electron chi connectivity index (χ0n) is 12.4. The van der Waals surface area contributed by atoms with Crippen LogP contribution >= 0.6 is 27.3 Å². The third-order valence-corrected chi connectivity index (χ3v) is 5.50. The first-order valence-corrected chi connectivity index (χ1v) is 8.86.